The van der Waals surface area contributed by atoms with E-state index in [0.29, 0.717) is 12.0 Å². The lowest BCUT2D eigenvalue weighted by molar-refractivity contribution is 0.507. The molecule has 1 aromatic carbocycles. The third-order valence-corrected chi connectivity index (χ3v) is 4.15. The minimum Gasteiger partial charge on any atom is -0.367 e. The molecule has 0 atom stereocenters. The summed E-state index contributed by atoms with van der Waals surface area (Å²) >= 11 is 6.58. The van der Waals surface area contributed by atoms with Gasteiger partial charge in [-0.1, -0.05) is 52.3 Å². The van der Waals surface area contributed by atoms with Gasteiger partial charge in [0.25, 0.3) is 0 Å². The van der Waals surface area contributed by atoms with Crippen LogP contribution in [0.1, 0.15) is 53.0 Å². The van der Waals surface area contributed by atoms with Crippen LogP contribution in [0.2, 0.25) is 5.02 Å². The molecular formula is C18H31ClN2. The maximum Gasteiger partial charge on any atom is 0.0642 e. The highest BCUT2D eigenvalue weighted by Crippen LogP contribution is 2.30. The summed E-state index contributed by atoms with van der Waals surface area (Å²) in [6.45, 7) is 14.1. The molecule has 1 N–H and O–H groups in total. The first-order chi connectivity index (χ1) is 10.0. The Bertz CT molecular complexity index is 414. The Morgan fingerprint density at radius 1 is 1.14 bits per heavy atom. The third-order valence-electron chi connectivity index (χ3n) is 3.85. The van der Waals surface area contributed by atoms with Crippen LogP contribution in [0, 0.1) is 5.92 Å². The van der Waals surface area contributed by atoms with Gasteiger partial charge in [-0.25, -0.2) is 0 Å². The molecule has 0 radical (unpaired) electrons. The topological polar surface area (TPSA) is 15.3 Å². The summed E-state index contributed by atoms with van der Waals surface area (Å²) in [4.78, 5) is 2.49. The number of hydrogen-bond acceptors (Lipinski definition) is 2. The van der Waals surface area contributed by atoms with E-state index in [2.05, 4.69) is 63.0 Å². The number of nitrogens with one attached hydrogen (secondary N) is 1. The molecule has 3 heteroatoms. The molecule has 0 unspecified atom stereocenters. The Kier molecular flexibility index (Phi) is 8.13. The van der Waals surface area contributed by atoms with Crippen LogP contribution in [0.25, 0.3) is 0 Å². The van der Waals surface area contributed by atoms with Crippen LogP contribution in [0.15, 0.2) is 18.2 Å². The van der Waals surface area contributed by atoms with Crippen LogP contribution in [0.5, 0.6) is 0 Å². The van der Waals surface area contributed by atoms with Crippen molar-refractivity contribution in [2.45, 2.75) is 60.0 Å². The maximum atomic E-state index is 6.58. The summed E-state index contributed by atoms with van der Waals surface area (Å²) in [5, 5.41) is 4.22. The zero-order chi connectivity index (χ0) is 15.8. The molecule has 0 saturated carbocycles. The van der Waals surface area contributed by atoms with Crippen molar-refractivity contribution in [3.05, 3.63) is 28.8 Å². The summed E-state index contributed by atoms with van der Waals surface area (Å²) in [6.07, 6.45) is 2.30. The second-order valence-corrected chi connectivity index (χ2v) is 6.49. The van der Waals surface area contributed by atoms with Gasteiger partial charge in [0.2, 0.25) is 0 Å². The van der Waals surface area contributed by atoms with E-state index in [-0.39, 0.29) is 0 Å². The minimum absolute atomic E-state index is 0.560. The van der Waals surface area contributed by atoms with Gasteiger partial charge in [0.05, 0.1) is 10.7 Å². The smallest absolute Gasteiger partial charge is 0.0642 e. The molecule has 0 aliphatic rings. The van der Waals surface area contributed by atoms with E-state index in [0.717, 1.165) is 37.5 Å². The van der Waals surface area contributed by atoms with Gasteiger partial charge in [-0.15, -0.1) is 0 Å². The number of hydrogen-bond donors (Lipinski definition) is 1. The third kappa shape index (κ3) is 5.52. The fraction of sp³-hybridized carbons (Fsp3) is 0.667. The highest BCUT2D eigenvalue weighted by molar-refractivity contribution is 6.33. The van der Waals surface area contributed by atoms with E-state index in [9.17, 15) is 0 Å². The second-order valence-electron chi connectivity index (χ2n) is 6.08. The lowest BCUT2D eigenvalue weighted by Gasteiger charge is -2.35. The van der Waals surface area contributed by atoms with Crippen molar-refractivity contribution in [3.8, 4) is 0 Å². The Balaban J connectivity index is 3.01. The first-order valence-corrected chi connectivity index (χ1v) is 8.66. The van der Waals surface area contributed by atoms with E-state index in [1.54, 1.807) is 0 Å². The Hall–Kier alpha value is -0.730. The zero-order valence-electron chi connectivity index (χ0n) is 14.2. The highest BCUT2D eigenvalue weighted by Gasteiger charge is 2.19. The van der Waals surface area contributed by atoms with Crippen LogP contribution in [0.3, 0.4) is 0 Å². The predicted molar refractivity (Wildman–Crippen MR) is 95.4 cm³/mol. The number of benzene rings is 1. The Morgan fingerprint density at radius 3 is 2.29 bits per heavy atom. The van der Waals surface area contributed by atoms with Gasteiger partial charge >= 0.3 is 0 Å². The van der Waals surface area contributed by atoms with Crippen molar-refractivity contribution in [1.82, 2.24) is 5.32 Å². The average molecular weight is 311 g/mol. The van der Waals surface area contributed by atoms with E-state index >= 15 is 0 Å². The van der Waals surface area contributed by atoms with Gasteiger partial charge in [0.1, 0.15) is 0 Å². The molecular weight excluding hydrogens is 280 g/mol. The molecule has 2 nitrogen and oxygen atoms in total. The van der Waals surface area contributed by atoms with Crippen LogP contribution < -0.4 is 10.2 Å². The molecule has 0 amide bonds. The van der Waals surface area contributed by atoms with E-state index in [4.69, 9.17) is 11.6 Å². The Labute approximate surface area is 135 Å². The van der Waals surface area contributed by atoms with E-state index < -0.39 is 0 Å². The van der Waals surface area contributed by atoms with Crippen molar-refractivity contribution in [3.63, 3.8) is 0 Å². The Morgan fingerprint density at radius 2 is 1.81 bits per heavy atom. The number of rotatable bonds is 9. The fourth-order valence-electron chi connectivity index (χ4n) is 2.73. The van der Waals surface area contributed by atoms with Crippen LogP contribution in [-0.2, 0) is 6.54 Å². The monoisotopic (exact) mass is 310 g/mol. The summed E-state index contributed by atoms with van der Waals surface area (Å²) in [7, 11) is 0. The van der Waals surface area contributed by atoms with Crippen molar-refractivity contribution in [2.24, 2.45) is 5.92 Å². The zero-order valence-corrected chi connectivity index (χ0v) is 15.0. The van der Waals surface area contributed by atoms with Crippen LogP contribution >= 0.6 is 11.6 Å². The largest absolute Gasteiger partial charge is 0.367 e. The molecule has 0 bridgehead atoms. The molecule has 0 aliphatic heterocycles. The number of halogens is 1. The summed E-state index contributed by atoms with van der Waals surface area (Å²) in [5.41, 5.74) is 2.43. The van der Waals surface area contributed by atoms with Crippen molar-refractivity contribution < 1.29 is 0 Å². The lowest BCUT2D eigenvalue weighted by Crippen LogP contribution is -2.37. The summed E-state index contributed by atoms with van der Waals surface area (Å²) < 4.78 is 0. The lowest BCUT2D eigenvalue weighted by atomic mass is 10.1. The second kappa shape index (κ2) is 9.32. The normalized spacial score (nSPS) is 11.4. The van der Waals surface area contributed by atoms with Crippen molar-refractivity contribution >= 4 is 17.3 Å². The number of anilines is 1. The SMILES string of the molecule is CCNCc1ccc(N(CC(C)C)C(CC)CC)c(Cl)c1. The number of nitrogens with zero attached hydrogens (tertiary/aromatic N) is 1. The van der Waals surface area contributed by atoms with Gasteiger partial charge in [0.15, 0.2) is 0 Å². The van der Waals surface area contributed by atoms with Crippen molar-refractivity contribution in [1.29, 1.82) is 0 Å². The highest BCUT2D eigenvalue weighted by atomic mass is 35.5. The quantitative estimate of drug-likeness (QED) is 0.682. The van der Waals surface area contributed by atoms with Crippen LogP contribution in [-0.4, -0.2) is 19.1 Å². The fourth-order valence-corrected chi connectivity index (χ4v) is 3.04. The molecule has 1 aromatic rings. The molecule has 1 rings (SSSR count). The summed E-state index contributed by atoms with van der Waals surface area (Å²) in [5.74, 6) is 0.628. The van der Waals surface area contributed by atoms with Gasteiger partial charge in [-0.05, 0) is 43.0 Å². The van der Waals surface area contributed by atoms with Gasteiger partial charge in [0, 0.05) is 19.1 Å². The molecule has 0 saturated heterocycles. The summed E-state index contributed by atoms with van der Waals surface area (Å²) in [6, 6.07) is 7.05. The standard InChI is InChI=1S/C18H31ClN2/c1-6-16(7-2)21(13-14(4)5)18-10-9-15(11-17(18)19)12-20-8-3/h9-11,14,16,20H,6-8,12-13H2,1-5H3. The molecule has 120 valence electrons. The molecule has 0 fully saturated rings. The maximum absolute atomic E-state index is 6.58. The molecule has 21 heavy (non-hydrogen) atoms. The average Bonchev–Trinajstić information content (AvgIpc) is 2.45. The van der Waals surface area contributed by atoms with Crippen molar-refractivity contribution in [2.75, 3.05) is 18.0 Å². The first-order valence-electron chi connectivity index (χ1n) is 8.29. The molecule has 0 aromatic heterocycles. The minimum atomic E-state index is 0.560. The molecule has 0 heterocycles. The van der Waals surface area contributed by atoms with Gasteiger partial charge < -0.3 is 10.2 Å². The molecule has 0 aliphatic carbocycles. The predicted octanol–water partition coefficient (Wildman–Crippen LogP) is 5.10. The van der Waals surface area contributed by atoms with E-state index in [1.807, 2.05) is 0 Å². The van der Waals surface area contributed by atoms with Crippen LogP contribution in [0.4, 0.5) is 5.69 Å². The first kappa shape index (κ1) is 18.3. The van der Waals surface area contributed by atoms with E-state index in [1.165, 1.54) is 11.3 Å². The van der Waals surface area contributed by atoms with Gasteiger partial charge in [-0.2, -0.15) is 0 Å². The molecule has 0 spiro atoms. The van der Waals surface area contributed by atoms with Gasteiger partial charge in [-0.3, -0.25) is 0 Å².